The Hall–Kier alpha value is -2.12. The molecule has 0 aromatic carbocycles. The zero-order valence-electron chi connectivity index (χ0n) is 15.2. The van der Waals surface area contributed by atoms with Crippen molar-refractivity contribution in [3.8, 4) is 0 Å². The number of aryl methyl sites for hydroxylation is 1. The van der Waals surface area contributed by atoms with Gasteiger partial charge >= 0.3 is 6.18 Å². The van der Waals surface area contributed by atoms with E-state index in [4.69, 9.17) is 4.52 Å². The molecule has 1 saturated heterocycles. The van der Waals surface area contributed by atoms with Gasteiger partial charge in [-0.2, -0.15) is 13.2 Å². The third-order valence-corrected chi connectivity index (χ3v) is 5.73. The lowest BCUT2D eigenvalue weighted by atomic mass is 9.91. The van der Waals surface area contributed by atoms with Crippen molar-refractivity contribution in [1.29, 1.82) is 0 Å². The Kier molecular flexibility index (Phi) is 4.60. The molecule has 1 aliphatic carbocycles. The van der Waals surface area contributed by atoms with Crippen LogP contribution in [-0.4, -0.2) is 34.0 Å². The van der Waals surface area contributed by atoms with Crippen molar-refractivity contribution in [3.05, 3.63) is 23.0 Å². The Morgan fingerprint density at radius 1 is 1.22 bits per heavy atom. The molecule has 4 rings (SSSR count). The van der Waals surface area contributed by atoms with Crippen LogP contribution in [0.5, 0.6) is 0 Å². The van der Waals surface area contributed by atoms with Gasteiger partial charge in [0.15, 0.2) is 0 Å². The second-order valence-corrected chi connectivity index (χ2v) is 7.66. The zero-order chi connectivity index (χ0) is 19.2. The average molecular weight is 381 g/mol. The maximum absolute atomic E-state index is 13.6. The summed E-state index contributed by atoms with van der Waals surface area (Å²) < 4.78 is 45.9. The monoisotopic (exact) mass is 381 g/mol. The SMILES string of the molecule is Cc1cc(C(F)(F)F)c2c(C3CCCN(C(=O)C4CCCC4)C3)noc2n1. The molecular weight excluding hydrogens is 359 g/mol. The van der Waals surface area contributed by atoms with E-state index in [-0.39, 0.29) is 40.2 Å². The number of halogens is 3. The molecule has 0 radical (unpaired) electrons. The molecule has 8 heteroatoms. The van der Waals surface area contributed by atoms with Gasteiger partial charge in [-0.15, -0.1) is 0 Å². The van der Waals surface area contributed by atoms with Crippen LogP contribution in [0.15, 0.2) is 10.6 Å². The Morgan fingerprint density at radius 3 is 2.67 bits per heavy atom. The molecule has 0 spiro atoms. The van der Waals surface area contributed by atoms with Crippen LogP contribution >= 0.6 is 0 Å². The summed E-state index contributed by atoms with van der Waals surface area (Å²) in [6.07, 6.45) is 0.880. The van der Waals surface area contributed by atoms with Gasteiger partial charge in [-0.05, 0) is 38.7 Å². The van der Waals surface area contributed by atoms with Gasteiger partial charge in [-0.1, -0.05) is 18.0 Å². The molecule has 2 aromatic heterocycles. The maximum atomic E-state index is 13.6. The normalized spacial score (nSPS) is 21.9. The van der Waals surface area contributed by atoms with E-state index < -0.39 is 11.7 Å². The largest absolute Gasteiger partial charge is 0.417 e. The fourth-order valence-electron chi connectivity index (χ4n) is 4.43. The molecule has 146 valence electrons. The van der Waals surface area contributed by atoms with E-state index in [1.165, 1.54) is 6.92 Å². The fourth-order valence-corrected chi connectivity index (χ4v) is 4.43. The number of hydrogen-bond donors (Lipinski definition) is 0. The van der Waals surface area contributed by atoms with Gasteiger partial charge in [0.05, 0.1) is 16.6 Å². The number of amides is 1. The summed E-state index contributed by atoms with van der Waals surface area (Å²) in [7, 11) is 0. The molecule has 1 saturated carbocycles. The van der Waals surface area contributed by atoms with Crippen LogP contribution in [0.2, 0.25) is 0 Å². The highest BCUT2D eigenvalue weighted by molar-refractivity contribution is 5.82. The molecule has 5 nitrogen and oxygen atoms in total. The lowest BCUT2D eigenvalue weighted by Crippen LogP contribution is -2.42. The van der Waals surface area contributed by atoms with Crippen LogP contribution in [0, 0.1) is 12.8 Å². The molecule has 2 aromatic rings. The Balaban J connectivity index is 1.66. The van der Waals surface area contributed by atoms with Crippen LogP contribution in [0.25, 0.3) is 11.1 Å². The number of aromatic nitrogens is 2. The second kappa shape index (κ2) is 6.80. The van der Waals surface area contributed by atoms with Gasteiger partial charge < -0.3 is 9.42 Å². The molecule has 3 heterocycles. The molecule has 27 heavy (non-hydrogen) atoms. The maximum Gasteiger partial charge on any atom is 0.417 e. The third kappa shape index (κ3) is 3.41. The number of pyridine rings is 1. The molecule has 1 amide bonds. The van der Waals surface area contributed by atoms with Gasteiger partial charge in [0, 0.05) is 30.6 Å². The molecular formula is C19H22F3N3O2. The van der Waals surface area contributed by atoms with E-state index in [9.17, 15) is 18.0 Å². The van der Waals surface area contributed by atoms with Crippen molar-refractivity contribution in [1.82, 2.24) is 15.0 Å². The van der Waals surface area contributed by atoms with Crippen LogP contribution in [0.4, 0.5) is 13.2 Å². The number of rotatable bonds is 2. The number of piperidine rings is 1. The lowest BCUT2D eigenvalue weighted by molar-refractivity contribution is -0.137. The number of carbonyl (C=O) groups excluding carboxylic acids is 1. The van der Waals surface area contributed by atoms with Crippen molar-refractivity contribution < 1.29 is 22.5 Å². The van der Waals surface area contributed by atoms with E-state index in [1.54, 1.807) is 4.90 Å². The number of alkyl halides is 3. The first kappa shape index (κ1) is 18.3. The highest BCUT2D eigenvalue weighted by Crippen LogP contribution is 2.40. The quantitative estimate of drug-likeness (QED) is 0.771. The number of likely N-dealkylation sites (tertiary alicyclic amines) is 1. The summed E-state index contributed by atoms with van der Waals surface area (Å²) in [6.45, 7) is 2.55. The van der Waals surface area contributed by atoms with E-state index in [2.05, 4.69) is 10.1 Å². The average Bonchev–Trinajstić information content (AvgIpc) is 3.29. The highest BCUT2D eigenvalue weighted by atomic mass is 19.4. The number of hydrogen-bond acceptors (Lipinski definition) is 4. The summed E-state index contributed by atoms with van der Waals surface area (Å²) in [4.78, 5) is 18.6. The fraction of sp³-hybridized carbons (Fsp3) is 0.632. The Morgan fingerprint density at radius 2 is 1.96 bits per heavy atom. The van der Waals surface area contributed by atoms with Crippen molar-refractivity contribution in [2.24, 2.45) is 5.92 Å². The van der Waals surface area contributed by atoms with Gasteiger partial charge in [-0.25, -0.2) is 4.98 Å². The van der Waals surface area contributed by atoms with Crippen molar-refractivity contribution in [3.63, 3.8) is 0 Å². The first-order valence-corrected chi connectivity index (χ1v) is 9.47. The van der Waals surface area contributed by atoms with Gasteiger partial charge in [-0.3, -0.25) is 4.79 Å². The third-order valence-electron chi connectivity index (χ3n) is 5.73. The van der Waals surface area contributed by atoms with Crippen molar-refractivity contribution in [2.45, 2.75) is 57.5 Å². The Bertz CT molecular complexity index is 856. The molecule has 2 fully saturated rings. The van der Waals surface area contributed by atoms with E-state index in [0.717, 1.165) is 38.2 Å². The van der Waals surface area contributed by atoms with Crippen molar-refractivity contribution in [2.75, 3.05) is 13.1 Å². The van der Waals surface area contributed by atoms with Gasteiger partial charge in [0.2, 0.25) is 5.91 Å². The van der Waals surface area contributed by atoms with Gasteiger partial charge in [0.25, 0.3) is 5.71 Å². The summed E-state index contributed by atoms with van der Waals surface area (Å²) >= 11 is 0. The zero-order valence-corrected chi connectivity index (χ0v) is 15.2. The summed E-state index contributed by atoms with van der Waals surface area (Å²) in [6, 6.07) is 1.04. The number of fused-ring (bicyclic) bond motifs is 1. The predicted molar refractivity (Wildman–Crippen MR) is 92.1 cm³/mol. The van der Waals surface area contributed by atoms with Crippen LogP contribution < -0.4 is 0 Å². The first-order chi connectivity index (χ1) is 12.8. The molecule has 1 unspecified atom stereocenters. The van der Waals surface area contributed by atoms with Crippen molar-refractivity contribution >= 4 is 17.0 Å². The summed E-state index contributed by atoms with van der Waals surface area (Å²) in [5.74, 6) is -0.0705. The molecule has 1 atom stereocenters. The van der Waals surface area contributed by atoms with E-state index in [1.807, 2.05) is 0 Å². The minimum absolute atomic E-state index is 0.0618. The van der Waals surface area contributed by atoms with Crippen LogP contribution in [0.3, 0.4) is 0 Å². The molecule has 1 aliphatic heterocycles. The smallest absolute Gasteiger partial charge is 0.342 e. The molecule has 0 N–H and O–H groups in total. The van der Waals surface area contributed by atoms with Crippen LogP contribution in [-0.2, 0) is 11.0 Å². The summed E-state index contributed by atoms with van der Waals surface area (Å²) in [5.41, 5.74) is -0.343. The minimum Gasteiger partial charge on any atom is -0.342 e. The first-order valence-electron chi connectivity index (χ1n) is 9.47. The second-order valence-electron chi connectivity index (χ2n) is 7.66. The van der Waals surface area contributed by atoms with Crippen LogP contribution in [0.1, 0.15) is 61.4 Å². The minimum atomic E-state index is -4.51. The summed E-state index contributed by atoms with van der Waals surface area (Å²) in [5, 5.41) is 3.89. The molecule has 0 bridgehead atoms. The predicted octanol–water partition coefficient (Wildman–Crippen LogP) is 4.45. The molecule has 2 aliphatic rings. The highest BCUT2D eigenvalue weighted by Gasteiger charge is 2.38. The van der Waals surface area contributed by atoms with Gasteiger partial charge in [0.1, 0.15) is 0 Å². The topological polar surface area (TPSA) is 59.2 Å². The number of carbonyl (C=O) groups is 1. The number of nitrogens with zero attached hydrogens (tertiary/aromatic N) is 3. The lowest BCUT2D eigenvalue weighted by Gasteiger charge is -2.33. The van der Waals surface area contributed by atoms with E-state index in [0.29, 0.717) is 19.5 Å². The standard InChI is InChI=1S/C19H22F3N3O2/c1-11-9-14(19(20,21)22)15-16(24-27-17(15)23-11)13-7-4-8-25(10-13)18(26)12-5-2-3-6-12/h9,12-13H,2-8,10H2,1H3. The Labute approximate surface area is 154 Å². The van der Waals surface area contributed by atoms with E-state index >= 15 is 0 Å².